The predicted octanol–water partition coefficient (Wildman–Crippen LogP) is 2.28. The first-order valence-corrected chi connectivity index (χ1v) is 7.68. The van der Waals surface area contributed by atoms with E-state index in [-0.39, 0.29) is 18.4 Å². The molecule has 0 bridgehead atoms. The molecule has 1 rings (SSSR count). The summed E-state index contributed by atoms with van der Waals surface area (Å²) in [6.45, 7) is 4.06. The molecule has 0 aliphatic rings. The number of carbonyl (C=O) groups excluding carboxylic acids is 1. The van der Waals surface area contributed by atoms with Gasteiger partial charge in [-0.05, 0) is 30.7 Å². The van der Waals surface area contributed by atoms with Gasteiger partial charge < -0.3 is 10.4 Å². The summed E-state index contributed by atoms with van der Waals surface area (Å²) in [5.41, 5.74) is 0.480. The number of amides is 1. The van der Waals surface area contributed by atoms with Crippen LogP contribution >= 0.6 is 11.8 Å². The molecule has 0 aliphatic heterocycles. The van der Waals surface area contributed by atoms with Gasteiger partial charge in [-0.15, -0.1) is 11.8 Å². The predicted molar refractivity (Wildman–Crippen MR) is 78.9 cm³/mol. The second kappa shape index (κ2) is 7.89. The molecule has 0 radical (unpaired) electrons. The number of rotatable bonds is 7. The standard InChI is InChI=1S/C14H20N2O3S/c1-9(2)7-10(14(18)19)8-16-12(17)11-5-4-6-15-13(11)20-3/h4-6,9-10H,7-8H2,1-3H3,(H,16,17)(H,18,19). The molecule has 1 amide bonds. The molecule has 110 valence electrons. The van der Waals surface area contributed by atoms with Gasteiger partial charge in [0, 0.05) is 12.7 Å². The quantitative estimate of drug-likeness (QED) is 0.755. The highest BCUT2D eigenvalue weighted by Crippen LogP contribution is 2.17. The highest BCUT2D eigenvalue weighted by atomic mass is 32.2. The zero-order valence-corrected chi connectivity index (χ0v) is 12.7. The first-order valence-electron chi connectivity index (χ1n) is 6.45. The highest BCUT2D eigenvalue weighted by Gasteiger charge is 2.20. The summed E-state index contributed by atoms with van der Waals surface area (Å²) < 4.78 is 0. The Bertz CT molecular complexity index is 477. The zero-order valence-electron chi connectivity index (χ0n) is 11.9. The SMILES string of the molecule is CSc1ncccc1C(=O)NCC(CC(C)C)C(=O)O. The van der Waals surface area contributed by atoms with Gasteiger partial charge in [-0.2, -0.15) is 0 Å². The lowest BCUT2D eigenvalue weighted by atomic mass is 9.97. The van der Waals surface area contributed by atoms with E-state index in [0.717, 1.165) is 0 Å². The summed E-state index contributed by atoms with van der Waals surface area (Å²) >= 11 is 1.39. The van der Waals surface area contributed by atoms with E-state index in [4.69, 9.17) is 5.11 Å². The van der Waals surface area contributed by atoms with E-state index in [1.807, 2.05) is 20.1 Å². The third-order valence-corrected chi connectivity index (χ3v) is 3.54. The van der Waals surface area contributed by atoms with Crippen LogP contribution in [0.2, 0.25) is 0 Å². The minimum atomic E-state index is -0.879. The van der Waals surface area contributed by atoms with Crippen LogP contribution in [0.5, 0.6) is 0 Å². The molecule has 0 aliphatic carbocycles. The van der Waals surface area contributed by atoms with Crippen molar-refractivity contribution in [2.75, 3.05) is 12.8 Å². The molecule has 0 aromatic carbocycles. The van der Waals surface area contributed by atoms with Gasteiger partial charge in [0.1, 0.15) is 5.03 Å². The zero-order chi connectivity index (χ0) is 15.1. The van der Waals surface area contributed by atoms with Crippen molar-refractivity contribution < 1.29 is 14.7 Å². The minimum absolute atomic E-state index is 0.134. The Balaban J connectivity index is 2.68. The molecule has 20 heavy (non-hydrogen) atoms. The van der Waals surface area contributed by atoms with Crippen molar-refractivity contribution in [1.29, 1.82) is 0 Å². The average Bonchev–Trinajstić information content (AvgIpc) is 2.42. The number of hydrogen-bond acceptors (Lipinski definition) is 4. The molecular formula is C14H20N2O3S. The molecule has 0 spiro atoms. The average molecular weight is 296 g/mol. The first kappa shape index (κ1) is 16.5. The maximum atomic E-state index is 12.1. The maximum Gasteiger partial charge on any atom is 0.308 e. The largest absolute Gasteiger partial charge is 0.481 e. The molecule has 0 saturated carbocycles. The summed E-state index contributed by atoms with van der Waals surface area (Å²) in [6.07, 6.45) is 4.01. The summed E-state index contributed by atoms with van der Waals surface area (Å²) in [6, 6.07) is 3.38. The lowest BCUT2D eigenvalue weighted by Gasteiger charge is -2.15. The van der Waals surface area contributed by atoms with Crippen LogP contribution in [0.1, 0.15) is 30.6 Å². The van der Waals surface area contributed by atoms with E-state index in [9.17, 15) is 9.59 Å². The molecule has 1 atom stereocenters. The van der Waals surface area contributed by atoms with Gasteiger partial charge in [-0.3, -0.25) is 9.59 Å². The number of aliphatic carboxylic acids is 1. The van der Waals surface area contributed by atoms with Crippen LogP contribution in [0, 0.1) is 11.8 Å². The third kappa shape index (κ3) is 4.85. The smallest absolute Gasteiger partial charge is 0.308 e. The van der Waals surface area contributed by atoms with Gasteiger partial charge in [0.05, 0.1) is 11.5 Å². The van der Waals surface area contributed by atoms with Gasteiger partial charge in [-0.25, -0.2) is 4.98 Å². The lowest BCUT2D eigenvalue weighted by molar-refractivity contribution is -0.142. The van der Waals surface area contributed by atoms with Crippen LogP contribution in [0.3, 0.4) is 0 Å². The van der Waals surface area contributed by atoms with Gasteiger partial charge in [0.2, 0.25) is 0 Å². The van der Waals surface area contributed by atoms with Crippen molar-refractivity contribution in [3.63, 3.8) is 0 Å². The molecule has 1 aromatic heterocycles. The van der Waals surface area contributed by atoms with E-state index >= 15 is 0 Å². The highest BCUT2D eigenvalue weighted by molar-refractivity contribution is 7.98. The topological polar surface area (TPSA) is 79.3 Å². The number of pyridine rings is 1. The van der Waals surface area contributed by atoms with E-state index in [1.165, 1.54) is 11.8 Å². The van der Waals surface area contributed by atoms with Crippen molar-refractivity contribution in [2.24, 2.45) is 11.8 Å². The molecule has 1 aromatic rings. The van der Waals surface area contributed by atoms with Crippen LogP contribution in [0.15, 0.2) is 23.4 Å². The van der Waals surface area contributed by atoms with Gasteiger partial charge >= 0.3 is 5.97 Å². The lowest BCUT2D eigenvalue weighted by Crippen LogP contribution is -2.34. The van der Waals surface area contributed by atoms with Crippen LogP contribution in [0.4, 0.5) is 0 Å². The molecule has 1 heterocycles. The number of aromatic nitrogens is 1. The van der Waals surface area contributed by atoms with Crippen molar-refractivity contribution in [1.82, 2.24) is 10.3 Å². The minimum Gasteiger partial charge on any atom is -0.481 e. The molecule has 2 N–H and O–H groups in total. The van der Waals surface area contributed by atoms with Crippen molar-refractivity contribution in [3.8, 4) is 0 Å². The first-order chi connectivity index (χ1) is 9.45. The van der Waals surface area contributed by atoms with Crippen LogP contribution in [-0.2, 0) is 4.79 Å². The monoisotopic (exact) mass is 296 g/mol. The van der Waals surface area contributed by atoms with E-state index in [1.54, 1.807) is 18.3 Å². The summed E-state index contributed by atoms with van der Waals surface area (Å²) in [5, 5.41) is 12.5. The number of hydrogen-bond donors (Lipinski definition) is 2. The van der Waals surface area contributed by atoms with Crippen molar-refractivity contribution in [2.45, 2.75) is 25.3 Å². The fourth-order valence-corrected chi connectivity index (χ4v) is 2.42. The summed E-state index contributed by atoms with van der Waals surface area (Å²) in [7, 11) is 0. The second-order valence-electron chi connectivity index (χ2n) is 4.93. The molecule has 0 fully saturated rings. The van der Waals surface area contributed by atoms with Gasteiger partial charge in [0.15, 0.2) is 0 Å². The molecule has 1 unspecified atom stereocenters. The Hall–Kier alpha value is -1.56. The summed E-state index contributed by atoms with van der Waals surface area (Å²) in [5.74, 6) is -1.45. The number of carboxylic acid groups (broad SMARTS) is 1. The van der Waals surface area contributed by atoms with Crippen LogP contribution in [0.25, 0.3) is 0 Å². The summed E-state index contributed by atoms with van der Waals surface area (Å²) in [4.78, 5) is 27.3. The molecule has 6 heteroatoms. The van der Waals surface area contributed by atoms with E-state index in [2.05, 4.69) is 10.3 Å². The number of carbonyl (C=O) groups is 2. The maximum absolute atomic E-state index is 12.1. The number of nitrogens with one attached hydrogen (secondary N) is 1. The number of carboxylic acids is 1. The van der Waals surface area contributed by atoms with Gasteiger partial charge in [-0.1, -0.05) is 13.8 Å². The fourth-order valence-electron chi connectivity index (χ4n) is 1.88. The van der Waals surface area contributed by atoms with E-state index < -0.39 is 11.9 Å². The number of thioether (sulfide) groups is 1. The molecule has 0 saturated heterocycles. The van der Waals surface area contributed by atoms with Gasteiger partial charge in [0.25, 0.3) is 5.91 Å². The second-order valence-corrected chi connectivity index (χ2v) is 5.73. The molecule has 5 nitrogen and oxygen atoms in total. The normalized spacial score (nSPS) is 12.2. The van der Waals surface area contributed by atoms with E-state index in [0.29, 0.717) is 17.0 Å². The van der Waals surface area contributed by atoms with Crippen molar-refractivity contribution in [3.05, 3.63) is 23.9 Å². The fraction of sp³-hybridized carbons (Fsp3) is 0.500. The molecular weight excluding hydrogens is 276 g/mol. The van der Waals surface area contributed by atoms with Crippen LogP contribution < -0.4 is 5.32 Å². The third-order valence-electron chi connectivity index (χ3n) is 2.82. The Morgan fingerprint density at radius 3 is 2.70 bits per heavy atom. The Morgan fingerprint density at radius 1 is 1.45 bits per heavy atom. The Labute approximate surface area is 123 Å². The number of nitrogens with zero attached hydrogens (tertiary/aromatic N) is 1. The Kier molecular flexibility index (Phi) is 6.51. The Morgan fingerprint density at radius 2 is 2.15 bits per heavy atom. The van der Waals surface area contributed by atoms with Crippen molar-refractivity contribution >= 4 is 23.6 Å². The van der Waals surface area contributed by atoms with Crippen LogP contribution in [-0.4, -0.2) is 34.8 Å².